The summed E-state index contributed by atoms with van der Waals surface area (Å²) in [5, 5.41) is 10.3. The van der Waals surface area contributed by atoms with Crippen LogP contribution in [0.4, 0.5) is 0 Å². The van der Waals surface area contributed by atoms with E-state index in [0.717, 1.165) is 56.2 Å². The smallest absolute Gasteiger partial charge is 0.275 e. The number of carbonyl (C=O) groups excluding carboxylic acids is 2. The standard InChI is InChI=1S/C15H20N4O2/c20-13-8-19(12-7-2-1-5-11(12)16-13)15(21)14-9-4-3-6-10(9)17-18-14/h11-12H,1-8H2,(H,16,20)(H,17,18). The molecule has 1 aromatic heterocycles. The number of aromatic nitrogens is 2. The molecule has 3 aliphatic rings. The average Bonchev–Trinajstić information content (AvgIpc) is 3.08. The van der Waals surface area contributed by atoms with E-state index in [-0.39, 0.29) is 30.4 Å². The number of aromatic amines is 1. The van der Waals surface area contributed by atoms with Crippen molar-refractivity contribution in [3.8, 4) is 0 Å². The molecule has 1 aromatic rings. The summed E-state index contributed by atoms with van der Waals surface area (Å²) in [6.45, 7) is 0.168. The predicted octanol–water partition coefficient (Wildman–Crippen LogP) is 0.782. The zero-order chi connectivity index (χ0) is 14.4. The highest BCUT2D eigenvalue weighted by Gasteiger charge is 2.40. The molecule has 0 spiro atoms. The maximum Gasteiger partial charge on any atom is 0.275 e. The first kappa shape index (κ1) is 12.9. The van der Waals surface area contributed by atoms with Crippen LogP contribution in [0.25, 0.3) is 0 Å². The van der Waals surface area contributed by atoms with Gasteiger partial charge in [-0.3, -0.25) is 14.7 Å². The van der Waals surface area contributed by atoms with Crippen molar-refractivity contribution in [2.45, 2.75) is 57.0 Å². The van der Waals surface area contributed by atoms with Gasteiger partial charge in [0.15, 0.2) is 5.69 Å². The maximum atomic E-state index is 12.9. The SMILES string of the molecule is O=C1CN(C(=O)c2n[nH]c3c2CCC3)C2CCCCC2N1. The molecule has 2 atom stereocenters. The molecule has 2 fully saturated rings. The van der Waals surface area contributed by atoms with Crippen LogP contribution < -0.4 is 5.32 Å². The maximum absolute atomic E-state index is 12.9. The number of fused-ring (bicyclic) bond motifs is 2. The van der Waals surface area contributed by atoms with E-state index in [1.54, 1.807) is 4.90 Å². The molecule has 6 heteroatoms. The lowest BCUT2D eigenvalue weighted by atomic mass is 9.87. The van der Waals surface area contributed by atoms with Crippen LogP contribution in [0.15, 0.2) is 0 Å². The lowest BCUT2D eigenvalue weighted by Gasteiger charge is -2.43. The molecular formula is C15H20N4O2. The van der Waals surface area contributed by atoms with E-state index in [0.29, 0.717) is 5.69 Å². The summed E-state index contributed by atoms with van der Waals surface area (Å²) in [5.41, 5.74) is 2.71. The molecule has 0 bridgehead atoms. The molecule has 2 aliphatic carbocycles. The van der Waals surface area contributed by atoms with Crippen LogP contribution in [0.1, 0.15) is 53.8 Å². The molecule has 1 saturated carbocycles. The van der Waals surface area contributed by atoms with Crippen LogP contribution in [0.2, 0.25) is 0 Å². The van der Waals surface area contributed by atoms with Gasteiger partial charge in [-0.1, -0.05) is 12.8 Å². The normalized spacial score (nSPS) is 28.0. The molecule has 21 heavy (non-hydrogen) atoms. The van der Waals surface area contributed by atoms with E-state index in [2.05, 4.69) is 15.5 Å². The van der Waals surface area contributed by atoms with E-state index in [1.807, 2.05) is 0 Å². The van der Waals surface area contributed by atoms with Crippen molar-refractivity contribution in [1.29, 1.82) is 0 Å². The van der Waals surface area contributed by atoms with Crippen LogP contribution >= 0.6 is 0 Å². The number of nitrogens with zero attached hydrogens (tertiary/aromatic N) is 2. The van der Waals surface area contributed by atoms with E-state index in [9.17, 15) is 9.59 Å². The van der Waals surface area contributed by atoms with Crippen LogP contribution in [0.5, 0.6) is 0 Å². The molecular weight excluding hydrogens is 268 g/mol. The van der Waals surface area contributed by atoms with Gasteiger partial charge in [0.05, 0.1) is 6.04 Å². The van der Waals surface area contributed by atoms with Gasteiger partial charge in [0.2, 0.25) is 5.91 Å². The molecule has 0 radical (unpaired) electrons. The highest BCUT2D eigenvalue weighted by atomic mass is 16.2. The number of nitrogens with one attached hydrogen (secondary N) is 2. The third-order valence-corrected chi connectivity index (χ3v) is 5.06. The van der Waals surface area contributed by atoms with Gasteiger partial charge < -0.3 is 10.2 Å². The van der Waals surface area contributed by atoms with Crippen molar-refractivity contribution in [3.63, 3.8) is 0 Å². The number of carbonyl (C=O) groups is 2. The van der Waals surface area contributed by atoms with Gasteiger partial charge in [0.1, 0.15) is 6.54 Å². The molecule has 1 saturated heterocycles. The number of aryl methyl sites for hydroxylation is 1. The van der Waals surface area contributed by atoms with Gasteiger partial charge in [0.25, 0.3) is 5.91 Å². The Labute approximate surface area is 123 Å². The third kappa shape index (κ3) is 2.04. The van der Waals surface area contributed by atoms with Crippen molar-refractivity contribution < 1.29 is 9.59 Å². The summed E-state index contributed by atoms with van der Waals surface area (Å²) in [4.78, 5) is 26.5. The quantitative estimate of drug-likeness (QED) is 0.801. The van der Waals surface area contributed by atoms with Crippen molar-refractivity contribution in [3.05, 3.63) is 17.0 Å². The van der Waals surface area contributed by atoms with Gasteiger partial charge in [0, 0.05) is 17.3 Å². The number of H-pyrrole nitrogens is 1. The van der Waals surface area contributed by atoms with E-state index in [4.69, 9.17) is 0 Å². The fourth-order valence-corrected chi connectivity index (χ4v) is 4.03. The number of hydrogen-bond acceptors (Lipinski definition) is 3. The molecule has 2 unspecified atom stereocenters. The Hall–Kier alpha value is -1.85. The largest absolute Gasteiger partial charge is 0.350 e. The first-order valence-electron chi connectivity index (χ1n) is 7.90. The molecule has 0 aromatic carbocycles. The van der Waals surface area contributed by atoms with Crippen molar-refractivity contribution >= 4 is 11.8 Å². The van der Waals surface area contributed by atoms with Gasteiger partial charge in [-0.05, 0) is 32.1 Å². The van der Waals surface area contributed by atoms with Gasteiger partial charge in [-0.2, -0.15) is 5.10 Å². The van der Waals surface area contributed by atoms with Crippen molar-refractivity contribution in [2.24, 2.45) is 0 Å². The van der Waals surface area contributed by atoms with Gasteiger partial charge in [-0.15, -0.1) is 0 Å². The molecule has 112 valence electrons. The Morgan fingerprint density at radius 2 is 2.05 bits per heavy atom. The predicted molar refractivity (Wildman–Crippen MR) is 75.8 cm³/mol. The minimum atomic E-state index is -0.0684. The van der Waals surface area contributed by atoms with Crippen molar-refractivity contribution in [2.75, 3.05) is 6.54 Å². The minimum Gasteiger partial charge on any atom is -0.350 e. The second-order valence-corrected chi connectivity index (χ2v) is 6.34. The second-order valence-electron chi connectivity index (χ2n) is 6.34. The fourth-order valence-electron chi connectivity index (χ4n) is 4.03. The number of rotatable bonds is 1. The molecule has 2 amide bonds. The average molecular weight is 288 g/mol. The van der Waals surface area contributed by atoms with E-state index in [1.165, 1.54) is 0 Å². The Morgan fingerprint density at radius 3 is 2.95 bits per heavy atom. The molecule has 2 N–H and O–H groups in total. The monoisotopic (exact) mass is 288 g/mol. The topological polar surface area (TPSA) is 78.1 Å². The highest BCUT2D eigenvalue weighted by molar-refractivity contribution is 5.97. The van der Waals surface area contributed by atoms with Crippen molar-refractivity contribution in [1.82, 2.24) is 20.4 Å². The minimum absolute atomic E-state index is 0.0429. The third-order valence-electron chi connectivity index (χ3n) is 5.06. The molecule has 6 nitrogen and oxygen atoms in total. The first-order chi connectivity index (χ1) is 10.2. The second kappa shape index (κ2) is 4.86. The Balaban J connectivity index is 1.64. The number of amides is 2. The fraction of sp³-hybridized carbons (Fsp3) is 0.667. The molecule has 2 heterocycles. The van der Waals surface area contributed by atoms with Crippen LogP contribution in [0, 0.1) is 0 Å². The first-order valence-corrected chi connectivity index (χ1v) is 7.90. The van der Waals surface area contributed by atoms with Crippen LogP contribution in [-0.2, 0) is 17.6 Å². The van der Waals surface area contributed by atoms with Gasteiger partial charge in [-0.25, -0.2) is 0 Å². The summed E-state index contributed by atoms with van der Waals surface area (Å²) in [6, 6.07) is 0.258. The van der Waals surface area contributed by atoms with Gasteiger partial charge >= 0.3 is 0 Å². The van der Waals surface area contributed by atoms with Crippen LogP contribution in [-0.4, -0.2) is 45.5 Å². The van der Waals surface area contributed by atoms with Crippen LogP contribution in [0.3, 0.4) is 0 Å². The highest BCUT2D eigenvalue weighted by Crippen LogP contribution is 2.29. The summed E-state index contributed by atoms with van der Waals surface area (Å²) in [6.07, 6.45) is 7.17. The molecule has 1 aliphatic heterocycles. The Morgan fingerprint density at radius 1 is 1.19 bits per heavy atom. The zero-order valence-electron chi connectivity index (χ0n) is 12.0. The zero-order valence-corrected chi connectivity index (χ0v) is 12.0. The number of piperazine rings is 1. The summed E-state index contributed by atoms with van der Waals surface area (Å²) in [5.74, 6) is -0.111. The lowest BCUT2D eigenvalue weighted by Crippen LogP contribution is -2.63. The number of hydrogen-bond donors (Lipinski definition) is 2. The lowest BCUT2D eigenvalue weighted by molar-refractivity contribution is -0.127. The Bertz CT molecular complexity index is 594. The summed E-state index contributed by atoms with van der Waals surface area (Å²) < 4.78 is 0. The summed E-state index contributed by atoms with van der Waals surface area (Å²) >= 11 is 0. The van der Waals surface area contributed by atoms with E-state index < -0.39 is 0 Å². The van der Waals surface area contributed by atoms with E-state index >= 15 is 0 Å². The molecule has 4 rings (SSSR count). The Kier molecular flexibility index (Phi) is 2.97. The summed E-state index contributed by atoms with van der Waals surface area (Å²) in [7, 11) is 0.